The van der Waals surface area contributed by atoms with E-state index in [-0.39, 0.29) is 0 Å². The summed E-state index contributed by atoms with van der Waals surface area (Å²) in [5.74, 6) is 2.10. The van der Waals surface area contributed by atoms with Gasteiger partial charge in [-0.25, -0.2) is 4.98 Å². The standard InChI is InChI=1S/C26H25NO3/c1-18-7-4-9-21(13-18)26-27-23(17-30-26)16-29-25-12-6-11-24(14-25)28-15-22-10-5-8-19(2)20(22)3/h4-14,17H,15-16H2,1-3H3. The number of rotatable bonds is 7. The van der Waals surface area contributed by atoms with Gasteiger partial charge < -0.3 is 13.9 Å². The lowest BCUT2D eigenvalue weighted by molar-refractivity contribution is 0.287. The molecule has 0 atom stereocenters. The fourth-order valence-corrected chi connectivity index (χ4v) is 3.22. The average Bonchev–Trinajstić information content (AvgIpc) is 3.23. The Balaban J connectivity index is 1.37. The molecule has 0 radical (unpaired) electrons. The maximum absolute atomic E-state index is 5.98. The molecule has 1 aromatic heterocycles. The van der Waals surface area contributed by atoms with Crippen molar-refractivity contribution in [3.05, 3.63) is 101 Å². The third-order valence-electron chi connectivity index (χ3n) is 5.12. The normalized spacial score (nSPS) is 10.8. The molecular formula is C26H25NO3. The Kier molecular flexibility index (Phi) is 5.84. The maximum Gasteiger partial charge on any atom is 0.226 e. The van der Waals surface area contributed by atoms with Gasteiger partial charge in [-0.15, -0.1) is 0 Å². The van der Waals surface area contributed by atoms with Gasteiger partial charge in [-0.2, -0.15) is 0 Å². The molecule has 152 valence electrons. The molecule has 0 unspecified atom stereocenters. The average molecular weight is 399 g/mol. The van der Waals surface area contributed by atoms with Crippen molar-refractivity contribution in [2.75, 3.05) is 0 Å². The summed E-state index contributed by atoms with van der Waals surface area (Å²) in [6.45, 7) is 7.14. The molecule has 0 saturated carbocycles. The first-order valence-corrected chi connectivity index (χ1v) is 10.0. The van der Waals surface area contributed by atoms with Gasteiger partial charge in [0.25, 0.3) is 0 Å². The zero-order chi connectivity index (χ0) is 20.9. The second-order valence-corrected chi connectivity index (χ2v) is 7.42. The van der Waals surface area contributed by atoms with E-state index in [9.17, 15) is 0 Å². The summed E-state index contributed by atoms with van der Waals surface area (Å²) in [7, 11) is 0. The van der Waals surface area contributed by atoms with Crippen LogP contribution in [0.3, 0.4) is 0 Å². The lowest BCUT2D eigenvalue weighted by atomic mass is 10.0. The molecule has 30 heavy (non-hydrogen) atoms. The molecule has 4 heteroatoms. The highest BCUT2D eigenvalue weighted by Crippen LogP contribution is 2.24. The predicted molar refractivity (Wildman–Crippen MR) is 118 cm³/mol. The minimum atomic E-state index is 0.329. The Morgan fingerprint density at radius 1 is 0.800 bits per heavy atom. The van der Waals surface area contributed by atoms with Crippen molar-refractivity contribution >= 4 is 0 Å². The fraction of sp³-hybridized carbons (Fsp3) is 0.192. The quantitative estimate of drug-likeness (QED) is 0.359. The third-order valence-corrected chi connectivity index (χ3v) is 5.12. The van der Waals surface area contributed by atoms with Crippen molar-refractivity contribution in [3.63, 3.8) is 0 Å². The number of hydrogen-bond acceptors (Lipinski definition) is 4. The zero-order valence-corrected chi connectivity index (χ0v) is 17.5. The highest BCUT2D eigenvalue weighted by molar-refractivity contribution is 5.54. The van der Waals surface area contributed by atoms with Gasteiger partial charge in [0.1, 0.15) is 36.7 Å². The molecule has 0 spiro atoms. The number of ether oxygens (including phenoxy) is 2. The van der Waals surface area contributed by atoms with Crippen molar-refractivity contribution in [1.29, 1.82) is 0 Å². The number of nitrogens with zero attached hydrogens (tertiary/aromatic N) is 1. The highest BCUT2D eigenvalue weighted by atomic mass is 16.5. The first kappa shape index (κ1) is 19.8. The van der Waals surface area contributed by atoms with E-state index in [0.717, 1.165) is 22.8 Å². The molecule has 0 amide bonds. The molecule has 0 N–H and O–H groups in total. The van der Waals surface area contributed by atoms with Crippen LogP contribution >= 0.6 is 0 Å². The van der Waals surface area contributed by atoms with E-state index < -0.39 is 0 Å². The lowest BCUT2D eigenvalue weighted by Gasteiger charge is -2.11. The fourth-order valence-electron chi connectivity index (χ4n) is 3.22. The van der Waals surface area contributed by atoms with E-state index in [1.807, 2.05) is 55.5 Å². The summed E-state index contributed by atoms with van der Waals surface area (Å²) < 4.78 is 17.5. The van der Waals surface area contributed by atoms with Crippen LogP contribution < -0.4 is 9.47 Å². The summed E-state index contributed by atoms with van der Waals surface area (Å²) in [5, 5.41) is 0. The van der Waals surface area contributed by atoms with Crippen LogP contribution in [-0.4, -0.2) is 4.98 Å². The summed E-state index contributed by atoms with van der Waals surface area (Å²) >= 11 is 0. The van der Waals surface area contributed by atoms with Crippen LogP contribution in [0.2, 0.25) is 0 Å². The van der Waals surface area contributed by atoms with Crippen molar-refractivity contribution in [3.8, 4) is 23.0 Å². The third kappa shape index (κ3) is 4.71. The van der Waals surface area contributed by atoms with E-state index in [1.165, 1.54) is 22.3 Å². The molecule has 0 aliphatic carbocycles. The maximum atomic E-state index is 5.98. The van der Waals surface area contributed by atoms with Gasteiger partial charge in [0.15, 0.2) is 0 Å². The van der Waals surface area contributed by atoms with Crippen molar-refractivity contribution < 1.29 is 13.9 Å². The Bertz CT molecular complexity index is 1150. The smallest absolute Gasteiger partial charge is 0.226 e. The molecule has 0 aliphatic rings. The summed E-state index contributed by atoms with van der Waals surface area (Å²) in [5.41, 5.74) is 6.59. The van der Waals surface area contributed by atoms with Gasteiger partial charge in [0, 0.05) is 11.6 Å². The number of benzene rings is 3. The van der Waals surface area contributed by atoms with Crippen LogP contribution in [0.1, 0.15) is 27.9 Å². The second-order valence-electron chi connectivity index (χ2n) is 7.42. The van der Waals surface area contributed by atoms with Gasteiger partial charge in [-0.3, -0.25) is 0 Å². The van der Waals surface area contributed by atoms with Gasteiger partial charge in [-0.1, -0.05) is 42.0 Å². The van der Waals surface area contributed by atoms with E-state index in [4.69, 9.17) is 13.9 Å². The highest BCUT2D eigenvalue weighted by Gasteiger charge is 2.08. The number of aryl methyl sites for hydroxylation is 2. The van der Waals surface area contributed by atoms with E-state index >= 15 is 0 Å². The van der Waals surface area contributed by atoms with Crippen LogP contribution in [0.5, 0.6) is 11.5 Å². The Hall–Kier alpha value is -3.53. The molecule has 0 aliphatic heterocycles. The van der Waals surface area contributed by atoms with E-state index in [1.54, 1.807) is 6.26 Å². The number of oxazole rings is 1. The molecular weight excluding hydrogens is 374 g/mol. The second kappa shape index (κ2) is 8.87. The molecule has 0 fully saturated rings. The molecule has 1 heterocycles. The monoisotopic (exact) mass is 399 g/mol. The van der Waals surface area contributed by atoms with Crippen molar-refractivity contribution in [2.24, 2.45) is 0 Å². The van der Waals surface area contributed by atoms with Crippen molar-refractivity contribution in [1.82, 2.24) is 4.98 Å². The number of aromatic nitrogens is 1. The first-order valence-electron chi connectivity index (χ1n) is 10.0. The minimum Gasteiger partial charge on any atom is -0.489 e. The van der Waals surface area contributed by atoms with Gasteiger partial charge in [0.05, 0.1) is 0 Å². The first-order chi connectivity index (χ1) is 14.6. The Labute approximate surface area is 177 Å². The van der Waals surface area contributed by atoms with E-state index in [0.29, 0.717) is 19.1 Å². The molecule has 4 aromatic rings. The molecule has 4 nitrogen and oxygen atoms in total. The van der Waals surface area contributed by atoms with Crippen LogP contribution in [0.15, 0.2) is 77.4 Å². The summed E-state index contributed by atoms with van der Waals surface area (Å²) in [4.78, 5) is 4.53. The van der Waals surface area contributed by atoms with Crippen LogP contribution in [0, 0.1) is 20.8 Å². The topological polar surface area (TPSA) is 44.5 Å². The Morgan fingerprint density at radius 3 is 2.33 bits per heavy atom. The van der Waals surface area contributed by atoms with E-state index in [2.05, 4.69) is 37.0 Å². The largest absolute Gasteiger partial charge is 0.489 e. The van der Waals surface area contributed by atoms with Gasteiger partial charge in [-0.05, 0) is 61.7 Å². The van der Waals surface area contributed by atoms with Crippen LogP contribution in [0.4, 0.5) is 0 Å². The summed E-state index contributed by atoms with van der Waals surface area (Å²) in [6, 6.07) is 22.0. The minimum absolute atomic E-state index is 0.329. The SMILES string of the molecule is Cc1cccc(-c2nc(COc3cccc(OCc4cccc(C)c4C)c3)co2)c1. The molecule has 0 bridgehead atoms. The lowest BCUT2D eigenvalue weighted by Crippen LogP contribution is -2.00. The zero-order valence-electron chi connectivity index (χ0n) is 17.5. The van der Waals surface area contributed by atoms with Crippen LogP contribution in [-0.2, 0) is 13.2 Å². The predicted octanol–water partition coefficient (Wildman–Crippen LogP) is 6.42. The molecule has 3 aromatic carbocycles. The van der Waals surface area contributed by atoms with Gasteiger partial charge >= 0.3 is 0 Å². The van der Waals surface area contributed by atoms with Gasteiger partial charge in [0.2, 0.25) is 5.89 Å². The number of hydrogen-bond donors (Lipinski definition) is 0. The van der Waals surface area contributed by atoms with Crippen molar-refractivity contribution in [2.45, 2.75) is 34.0 Å². The molecule has 0 saturated heterocycles. The van der Waals surface area contributed by atoms with Crippen LogP contribution in [0.25, 0.3) is 11.5 Å². The Morgan fingerprint density at radius 2 is 1.53 bits per heavy atom. The molecule has 4 rings (SSSR count). The summed E-state index contributed by atoms with van der Waals surface area (Å²) in [6.07, 6.45) is 1.64.